The van der Waals surface area contributed by atoms with Crippen LogP contribution in [0.4, 0.5) is 14.7 Å². The lowest BCUT2D eigenvalue weighted by Gasteiger charge is -2.17. The zero-order valence-electron chi connectivity index (χ0n) is 16.3. The van der Waals surface area contributed by atoms with E-state index in [-0.39, 0.29) is 0 Å². The van der Waals surface area contributed by atoms with E-state index in [1.54, 1.807) is 49.8 Å². The van der Waals surface area contributed by atoms with E-state index in [1.807, 2.05) is 6.07 Å². The first-order valence-corrected chi connectivity index (χ1v) is 9.14. The van der Waals surface area contributed by atoms with Crippen molar-refractivity contribution in [1.29, 1.82) is 0 Å². The number of hydrogen-bond acceptors (Lipinski definition) is 6. The normalized spacial score (nSPS) is 12.4. The summed E-state index contributed by atoms with van der Waals surface area (Å²) in [5.74, 6) is 0.883. The van der Waals surface area contributed by atoms with Gasteiger partial charge in [-0.3, -0.25) is 0 Å². The fourth-order valence-corrected chi connectivity index (χ4v) is 3.11. The van der Waals surface area contributed by atoms with Crippen molar-refractivity contribution < 1.29 is 13.9 Å². The molecule has 4 rings (SSSR count). The summed E-state index contributed by atoms with van der Waals surface area (Å²) >= 11 is 0. The monoisotopic (exact) mass is 401 g/mol. The SMILES string of the molecule is Cc1nc2ccc(-c3ccn4nc(NCC(C)(C)O)ncc34)nc2n1CC(F)F. The van der Waals surface area contributed by atoms with Crippen LogP contribution in [0.1, 0.15) is 19.7 Å². The van der Waals surface area contributed by atoms with Crippen LogP contribution in [-0.4, -0.2) is 52.8 Å². The maximum absolute atomic E-state index is 12.9. The number of fused-ring (bicyclic) bond motifs is 2. The molecule has 0 saturated heterocycles. The molecule has 0 aliphatic heterocycles. The van der Waals surface area contributed by atoms with Crippen LogP contribution in [0, 0.1) is 6.92 Å². The number of aryl methyl sites for hydroxylation is 1. The maximum atomic E-state index is 12.9. The van der Waals surface area contributed by atoms with Crippen LogP contribution in [0.2, 0.25) is 0 Å². The Hall–Kier alpha value is -3.14. The topological polar surface area (TPSA) is 93.2 Å². The Labute approximate surface area is 165 Å². The van der Waals surface area contributed by atoms with Crippen molar-refractivity contribution in [3.63, 3.8) is 0 Å². The summed E-state index contributed by atoms with van der Waals surface area (Å²) in [5, 5.41) is 17.2. The van der Waals surface area contributed by atoms with E-state index in [9.17, 15) is 13.9 Å². The number of aromatic nitrogens is 6. The molecule has 29 heavy (non-hydrogen) atoms. The molecule has 0 saturated carbocycles. The van der Waals surface area contributed by atoms with Crippen LogP contribution in [-0.2, 0) is 6.54 Å². The van der Waals surface area contributed by atoms with Crippen molar-refractivity contribution in [3.8, 4) is 11.3 Å². The summed E-state index contributed by atoms with van der Waals surface area (Å²) in [7, 11) is 0. The van der Waals surface area contributed by atoms with Gasteiger partial charge in [0.2, 0.25) is 5.95 Å². The molecule has 10 heteroatoms. The molecule has 0 atom stereocenters. The van der Waals surface area contributed by atoms with Crippen molar-refractivity contribution in [1.82, 2.24) is 29.1 Å². The molecule has 0 spiro atoms. The zero-order chi connectivity index (χ0) is 20.8. The predicted molar refractivity (Wildman–Crippen MR) is 105 cm³/mol. The van der Waals surface area contributed by atoms with Gasteiger partial charge in [0.05, 0.1) is 29.6 Å². The van der Waals surface area contributed by atoms with Crippen LogP contribution in [0.25, 0.3) is 27.9 Å². The Morgan fingerprint density at radius 3 is 2.72 bits per heavy atom. The fraction of sp³-hybridized carbons (Fsp3) is 0.368. The van der Waals surface area contributed by atoms with E-state index >= 15 is 0 Å². The van der Waals surface area contributed by atoms with Gasteiger partial charge in [0.15, 0.2) is 5.65 Å². The van der Waals surface area contributed by atoms with Crippen molar-refractivity contribution in [3.05, 3.63) is 36.4 Å². The molecule has 0 radical (unpaired) electrons. The van der Waals surface area contributed by atoms with Gasteiger partial charge in [-0.1, -0.05) is 0 Å². The summed E-state index contributed by atoms with van der Waals surface area (Å²) in [6, 6.07) is 5.42. The Morgan fingerprint density at radius 2 is 2.00 bits per heavy atom. The first-order chi connectivity index (χ1) is 13.7. The third-order valence-corrected chi connectivity index (χ3v) is 4.48. The van der Waals surface area contributed by atoms with Crippen LogP contribution in [0.15, 0.2) is 30.6 Å². The lowest BCUT2D eigenvalue weighted by atomic mass is 10.1. The number of hydrogen-bond donors (Lipinski definition) is 2. The zero-order valence-corrected chi connectivity index (χ0v) is 16.3. The van der Waals surface area contributed by atoms with E-state index in [0.717, 1.165) is 11.1 Å². The number of imidazole rings is 1. The Kier molecular flexibility index (Phi) is 4.65. The molecule has 0 bridgehead atoms. The van der Waals surface area contributed by atoms with Crippen molar-refractivity contribution in [2.24, 2.45) is 0 Å². The molecule has 0 unspecified atom stereocenters. The second kappa shape index (κ2) is 7.03. The average molecular weight is 401 g/mol. The molecule has 4 aromatic heterocycles. The molecule has 0 amide bonds. The standard InChI is InChI=1S/C19H21F2N7O/c1-11-24-14-5-4-13(25-17(14)27(11)9-16(20)21)12-6-7-28-15(12)8-22-18(26-28)23-10-19(2,3)29/h4-8,16,29H,9-10H2,1-3H3,(H,23,26). The number of alkyl halides is 2. The van der Waals surface area contributed by atoms with Crippen LogP contribution < -0.4 is 5.32 Å². The average Bonchev–Trinajstić information content (AvgIpc) is 3.19. The lowest BCUT2D eigenvalue weighted by Crippen LogP contribution is -2.30. The minimum Gasteiger partial charge on any atom is -0.389 e. The number of halogens is 2. The highest BCUT2D eigenvalue weighted by Crippen LogP contribution is 2.26. The van der Waals surface area contributed by atoms with Crippen LogP contribution in [0.3, 0.4) is 0 Å². The van der Waals surface area contributed by atoms with Gasteiger partial charge in [0.1, 0.15) is 11.3 Å². The molecule has 0 fully saturated rings. The van der Waals surface area contributed by atoms with E-state index in [2.05, 4.69) is 25.4 Å². The number of nitrogens with zero attached hydrogens (tertiary/aromatic N) is 6. The quantitative estimate of drug-likeness (QED) is 0.516. The molecule has 0 aliphatic rings. The molecular formula is C19H21F2N7O. The minimum absolute atomic E-state index is 0.304. The smallest absolute Gasteiger partial charge is 0.256 e. The number of nitrogens with one attached hydrogen (secondary N) is 1. The van der Waals surface area contributed by atoms with Gasteiger partial charge in [-0.25, -0.2) is 28.2 Å². The number of aliphatic hydroxyl groups is 1. The van der Waals surface area contributed by atoms with Gasteiger partial charge in [0.25, 0.3) is 6.43 Å². The van der Waals surface area contributed by atoms with Gasteiger partial charge in [0, 0.05) is 18.3 Å². The van der Waals surface area contributed by atoms with Gasteiger partial charge in [-0.05, 0) is 39.0 Å². The van der Waals surface area contributed by atoms with Crippen LogP contribution >= 0.6 is 0 Å². The molecule has 0 aliphatic carbocycles. The first-order valence-electron chi connectivity index (χ1n) is 9.14. The molecular weight excluding hydrogens is 380 g/mol. The second-order valence-electron chi connectivity index (χ2n) is 7.51. The fourth-order valence-electron chi connectivity index (χ4n) is 3.11. The van der Waals surface area contributed by atoms with Crippen molar-refractivity contribution in [2.75, 3.05) is 11.9 Å². The molecule has 4 aromatic rings. The summed E-state index contributed by atoms with van der Waals surface area (Å²) < 4.78 is 29.0. The van der Waals surface area contributed by atoms with Gasteiger partial charge in [-0.15, -0.1) is 5.10 Å². The Bertz CT molecular complexity index is 1180. The van der Waals surface area contributed by atoms with Gasteiger partial charge < -0.3 is 15.0 Å². The summed E-state index contributed by atoms with van der Waals surface area (Å²) in [5.41, 5.74) is 2.23. The maximum Gasteiger partial charge on any atom is 0.256 e. The Morgan fingerprint density at radius 1 is 1.21 bits per heavy atom. The molecule has 0 aromatic carbocycles. The number of anilines is 1. The molecule has 8 nitrogen and oxygen atoms in total. The highest BCUT2D eigenvalue weighted by Gasteiger charge is 2.16. The number of rotatable bonds is 6. The Balaban J connectivity index is 1.71. The minimum atomic E-state index is -2.49. The predicted octanol–water partition coefficient (Wildman–Crippen LogP) is 2.90. The summed E-state index contributed by atoms with van der Waals surface area (Å²) in [6.45, 7) is 4.92. The molecule has 4 heterocycles. The van der Waals surface area contributed by atoms with Crippen molar-refractivity contribution >= 4 is 22.6 Å². The third-order valence-electron chi connectivity index (χ3n) is 4.48. The van der Waals surface area contributed by atoms with Crippen LogP contribution in [0.5, 0.6) is 0 Å². The van der Waals surface area contributed by atoms with Gasteiger partial charge >= 0.3 is 0 Å². The first kappa shape index (κ1) is 19.2. The van der Waals surface area contributed by atoms with Crippen molar-refractivity contribution in [2.45, 2.75) is 39.3 Å². The summed E-state index contributed by atoms with van der Waals surface area (Å²) in [6.07, 6.45) is 0.938. The second-order valence-corrected chi connectivity index (χ2v) is 7.51. The highest BCUT2D eigenvalue weighted by molar-refractivity contribution is 5.82. The van der Waals surface area contributed by atoms with E-state index in [1.165, 1.54) is 4.57 Å². The molecule has 2 N–H and O–H groups in total. The van der Waals surface area contributed by atoms with E-state index in [4.69, 9.17) is 0 Å². The van der Waals surface area contributed by atoms with E-state index < -0.39 is 18.6 Å². The largest absolute Gasteiger partial charge is 0.389 e. The summed E-state index contributed by atoms with van der Waals surface area (Å²) in [4.78, 5) is 13.2. The number of pyridine rings is 1. The third kappa shape index (κ3) is 3.88. The van der Waals surface area contributed by atoms with Gasteiger partial charge in [-0.2, -0.15) is 0 Å². The van der Waals surface area contributed by atoms with E-state index in [0.29, 0.717) is 35.2 Å². The lowest BCUT2D eigenvalue weighted by molar-refractivity contribution is 0.0943. The molecule has 152 valence electrons. The highest BCUT2D eigenvalue weighted by atomic mass is 19.3.